The third kappa shape index (κ3) is 1.14. The van der Waals surface area contributed by atoms with Crippen LogP contribution in [0.1, 0.15) is 12.0 Å². The summed E-state index contributed by atoms with van der Waals surface area (Å²) in [6.07, 6.45) is 2.45. The Morgan fingerprint density at radius 2 is 2.16 bits per heavy atom. The number of likely N-dealkylation sites (tertiary alicyclic amines) is 1. The Morgan fingerprint density at radius 3 is 2.96 bits per heavy atom. The molecular formula is C20H20N2O3. The van der Waals surface area contributed by atoms with E-state index in [1.165, 1.54) is 0 Å². The molecule has 5 nitrogen and oxygen atoms in total. The topological polar surface area (TPSA) is 58.6 Å². The van der Waals surface area contributed by atoms with Gasteiger partial charge in [-0.15, -0.1) is 6.58 Å². The highest BCUT2D eigenvalue weighted by molar-refractivity contribution is 6.09. The summed E-state index contributed by atoms with van der Waals surface area (Å²) in [6, 6.07) is 7.93. The van der Waals surface area contributed by atoms with E-state index in [0.29, 0.717) is 12.5 Å². The predicted molar refractivity (Wildman–Crippen MR) is 90.8 cm³/mol. The smallest absolute Gasteiger partial charge is 0.238 e. The van der Waals surface area contributed by atoms with Crippen LogP contribution in [-0.4, -0.2) is 42.5 Å². The van der Waals surface area contributed by atoms with Crippen LogP contribution in [0.3, 0.4) is 0 Å². The number of rotatable bonds is 1. The fraction of sp³-hybridized carbons (Fsp3) is 0.500. The normalized spacial score (nSPS) is 48.2. The molecule has 5 heteroatoms. The summed E-state index contributed by atoms with van der Waals surface area (Å²) in [5, 5.41) is 3.08. The van der Waals surface area contributed by atoms with Gasteiger partial charge in [0.2, 0.25) is 11.8 Å². The maximum Gasteiger partial charge on any atom is 0.238 e. The van der Waals surface area contributed by atoms with Crippen LogP contribution in [0.15, 0.2) is 36.9 Å². The van der Waals surface area contributed by atoms with Crippen LogP contribution in [0.2, 0.25) is 0 Å². The maximum atomic E-state index is 13.4. The van der Waals surface area contributed by atoms with Crippen molar-refractivity contribution >= 4 is 17.5 Å². The molecule has 25 heavy (non-hydrogen) atoms. The van der Waals surface area contributed by atoms with Crippen LogP contribution in [0.5, 0.6) is 0 Å². The lowest BCUT2D eigenvalue weighted by Gasteiger charge is -2.53. The predicted octanol–water partition coefficient (Wildman–Crippen LogP) is 1.55. The minimum atomic E-state index is -0.794. The van der Waals surface area contributed by atoms with E-state index in [4.69, 9.17) is 4.74 Å². The Bertz CT molecular complexity index is 866. The molecule has 2 aliphatic carbocycles. The highest BCUT2D eigenvalue weighted by Crippen LogP contribution is 2.73. The second kappa shape index (κ2) is 3.98. The molecule has 3 aliphatic heterocycles. The molecule has 128 valence electrons. The van der Waals surface area contributed by atoms with Gasteiger partial charge in [-0.2, -0.15) is 0 Å². The van der Waals surface area contributed by atoms with Crippen molar-refractivity contribution < 1.29 is 14.3 Å². The molecule has 1 N–H and O–H groups in total. The molecule has 5 bridgehead atoms. The fourth-order valence-electron chi connectivity index (χ4n) is 7.17. The first kappa shape index (κ1) is 14.1. The quantitative estimate of drug-likeness (QED) is 0.792. The SMILES string of the molecule is C=C[C@]12C(=O)N(C)[C@@H]3[C@H]4CO[C@H](C[C@H]41)[C@]1(C(=O)Nc4ccccc41)[C@H]32. The number of hydrogen-bond acceptors (Lipinski definition) is 3. The molecule has 1 spiro atoms. The lowest BCUT2D eigenvalue weighted by atomic mass is 9.51. The third-order valence-corrected chi connectivity index (χ3v) is 7.85. The van der Waals surface area contributed by atoms with Crippen molar-refractivity contribution in [1.29, 1.82) is 0 Å². The van der Waals surface area contributed by atoms with E-state index in [0.717, 1.165) is 17.7 Å². The highest BCUT2D eigenvalue weighted by atomic mass is 16.5. The minimum absolute atomic E-state index is 0.0102. The number of para-hydroxylation sites is 1. The summed E-state index contributed by atoms with van der Waals surface area (Å²) in [5.74, 6) is 0.560. The number of ether oxygens (including phenoxy) is 1. The number of anilines is 1. The van der Waals surface area contributed by atoms with Crippen LogP contribution in [0.4, 0.5) is 5.69 Å². The number of carbonyl (C=O) groups is 2. The van der Waals surface area contributed by atoms with E-state index in [-0.39, 0.29) is 35.8 Å². The lowest BCUT2D eigenvalue weighted by Crippen LogP contribution is -2.63. The average Bonchev–Trinajstić information content (AvgIpc) is 3.08. The first-order valence-corrected chi connectivity index (χ1v) is 9.02. The van der Waals surface area contributed by atoms with Gasteiger partial charge in [0.1, 0.15) is 5.41 Å². The van der Waals surface area contributed by atoms with E-state index in [1.807, 2.05) is 42.3 Å². The molecule has 3 heterocycles. The standard InChI is InChI=1S/C20H20N2O3/c1-3-19-12-8-14-20(11-6-4-5-7-13(11)21-17(20)23)16(19)15(10(12)9-25-14)22(2)18(19)24/h3-7,10,12,14-16H,1,8-9H2,2H3,(H,21,23)/t10-,12+,14+,15+,16+,19-,20-/m0/s1. The molecule has 2 amide bonds. The van der Waals surface area contributed by atoms with Crippen molar-refractivity contribution in [2.75, 3.05) is 19.0 Å². The number of fused-ring (bicyclic) bond motifs is 5. The minimum Gasteiger partial charge on any atom is -0.376 e. The molecule has 6 rings (SSSR count). The fourth-order valence-corrected chi connectivity index (χ4v) is 7.17. The zero-order valence-electron chi connectivity index (χ0n) is 14.1. The van der Waals surface area contributed by atoms with Crippen molar-refractivity contribution in [3.63, 3.8) is 0 Å². The van der Waals surface area contributed by atoms with Gasteiger partial charge in [0.15, 0.2) is 0 Å². The van der Waals surface area contributed by atoms with Gasteiger partial charge in [-0.25, -0.2) is 0 Å². The number of piperidine rings is 1. The van der Waals surface area contributed by atoms with E-state index >= 15 is 0 Å². The van der Waals surface area contributed by atoms with E-state index in [9.17, 15) is 9.59 Å². The van der Waals surface area contributed by atoms with Gasteiger partial charge in [0.05, 0.1) is 18.1 Å². The van der Waals surface area contributed by atoms with Crippen LogP contribution in [0, 0.1) is 23.2 Å². The Hall–Kier alpha value is -2.14. The molecule has 7 atom stereocenters. The third-order valence-electron chi connectivity index (χ3n) is 7.85. The van der Waals surface area contributed by atoms with Gasteiger partial charge in [0, 0.05) is 30.6 Å². The monoisotopic (exact) mass is 336 g/mol. The van der Waals surface area contributed by atoms with Crippen molar-refractivity contribution in [2.24, 2.45) is 23.2 Å². The Labute approximate surface area is 146 Å². The van der Waals surface area contributed by atoms with Crippen LogP contribution in [-0.2, 0) is 19.7 Å². The Kier molecular flexibility index (Phi) is 2.24. The van der Waals surface area contributed by atoms with Crippen LogP contribution < -0.4 is 5.32 Å². The van der Waals surface area contributed by atoms with Crippen LogP contribution in [0.25, 0.3) is 0 Å². The summed E-state index contributed by atoms with van der Waals surface area (Å²) >= 11 is 0. The summed E-state index contributed by atoms with van der Waals surface area (Å²) in [7, 11) is 1.88. The first-order valence-electron chi connectivity index (χ1n) is 9.02. The van der Waals surface area contributed by atoms with Gasteiger partial charge in [-0.1, -0.05) is 24.3 Å². The molecule has 2 saturated carbocycles. The maximum absolute atomic E-state index is 13.4. The van der Waals surface area contributed by atoms with Crippen molar-refractivity contribution in [2.45, 2.75) is 24.0 Å². The van der Waals surface area contributed by atoms with Crippen molar-refractivity contribution in [3.8, 4) is 0 Å². The number of nitrogens with zero attached hydrogens (tertiary/aromatic N) is 1. The number of amides is 2. The van der Waals surface area contributed by atoms with E-state index < -0.39 is 10.8 Å². The van der Waals surface area contributed by atoms with Gasteiger partial charge in [-0.05, 0) is 24.0 Å². The summed E-state index contributed by atoms with van der Waals surface area (Å²) in [5.41, 5.74) is 0.422. The zero-order valence-corrected chi connectivity index (χ0v) is 14.1. The summed E-state index contributed by atoms with van der Waals surface area (Å²) in [4.78, 5) is 28.5. The first-order chi connectivity index (χ1) is 12.1. The molecule has 1 aromatic carbocycles. The van der Waals surface area contributed by atoms with Gasteiger partial charge < -0.3 is 15.0 Å². The Morgan fingerprint density at radius 1 is 1.36 bits per heavy atom. The Balaban J connectivity index is 1.71. The molecule has 0 unspecified atom stereocenters. The summed E-state index contributed by atoms with van der Waals surface area (Å²) < 4.78 is 6.26. The lowest BCUT2D eigenvalue weighted by molar-refractivity contribution is -0.167. The molecular weight excluding hydrogens is 316 g/mol. The summed E-state index contributed by atoms with van der Waals surface area (Å²) in [6.45, 7) is 4.70. The van der Waals surface area contributed by atoms with Gasteiger partial charge >= 0.3 is 0 Å². The molecule has 1 aromatic rings. The molecule has 2 saturated heterocycles. The van der Waals surface area contributed by atoms with Crippen molar-refractivity contribution in [3.05, 3.63) is 42.5 Å². The molecule has 4 fully saturated rings. The van der Waals surface area contributed by atoms with E-state index in [2.05, 4.69) is 11.9 Å². The van der Waals surface area contributed by atoms with E-state index in [1.54, 1.807) is 0 Å². The largest absolute Gasteiger partial charge is 0.376 e. The highest BCUT2D eigenvalue weighted by Gasteiger charge is 2.82. The second-order valence-electron chi connectivity index (χ2n) is 8.22. The zero-order chi connectivity index (χ0) is 17.1. The average molecular weight is 336 g/mol. The molecule has 5 aliphatic rings. The second-order valence-corrected chi connectivity index (χ2v) is 8.22. The van der Waals surface area contributed by atoms with Crippen LogP contribution >= 0.6 is 0 Å². The number of nitrogens with one attached hydrogen (secondary N) is 1. The number of hydrogen-bond donors (Lipinski definition) is 1. The number of benzene rings is 1. The molecule has 0 aromatic heterocycles. The molecule has 0 radical (unpaired) electrons. The van der Waals surface area contributed by atoms with Crippen molar-refractivity contribution in [1.82, 2.24) is 4.90 Å². The van der Waals surface area contributed by atoms with Gasteiger partial charge in [-0.3, -0.25) is 9.59 Å². The van der Waals surface area contributed by atoms with Gasteiger partial charge in [0.25, 0.3) is 0 Å². The number of carbonyl (C=O) groups excluding carboxylic acids is 2.